The average molecular weight is 361 g/mol. The lowest BCUT2D eigenvalue weighted by Gasteiger charge is -2.38. The van der Waals surface area contributed by atoms with Crippen LogP contribution in [0, 0.1) is 5.92 Å². The van der Waals surface area contributed by atoms with E-state index in [4.69, 9.17) is 10.7 Å². The zero-order chi connectivity index (χ0) is 19.0. The molecule has 0 fully saturated rings. The summed E-state index contributed by atoms with van der Waals surface area (Å²) in [5.41, 5.74) is 11.5. The largest absolute Gasteiger partial charge is 0.371 e. The SMILES string of the molecule is C[C@H](N)C1=NC2C=CC(F)=C[C@@H]2C(C2=CC=CCN2C)=C1c1ccccc1. The molecule has 0 saturated carbocycles. The standard InChI is InChI=1S/C23H24FN3/c1-15(25)23-21(16-8-4-3-5-9-16)22(20-10-6-7-13-27(20)2)18-14-17(24)11-12-19(18)26-23/h3-12,14-15,18-19H,13,25H2,1-2H3/t15-,18-,19?/m0/s1. The fourth-order valence-corrected chi connectivity index (χ4v) is 3.99. The van der Waals surface area contributed by atoms with Crippen LogP contribution in [0.4, 0.5) is 4.39 Å². The fourth-order valence-electron chi connectivity index (χ4n) is 3.99. The normalized spacial score (nSPS) is 25.6. The predicted molar refractivity (Wildman–Crippen MR) is 110 cm³/mol. The molecule has 0 amide bonds. The molecule has 0 aromatic heterocycles. The van der Waals surface area contributed by atoms with Crippen LogP contribution in [0.5, 0.6) is 0 Å². The Morgan fingerprint density at radius 2 is 2.04 bits per heavy atom. The highest BCUT2D eigenvalue weighted by Gasteiger charge is 2.36. The Balaban J connectivity index is 2.01. The minimum Gasteiger partial charge on any atom is -0.371 e. The first-order valence-electron chi connectivity index (χ1n) is 9.33. The van der Waals surface area contributed by atoms with Crippen LogP contribution in [0.25, 0.3) is 5.57 Å². The number of fused-ring (bicyclic) bond motifs is 1. The van der Waals surface area contributed by atoms with E-state index in [9.17, 15) is 4.39 Å². The fraction of sp³-hybridized carbons (Fsp3) is 0.261. The Labute approximate surface area is 159 Å². The molecular formula is C23H24FN3. The van der Waals surface area contributed by atoms with Crippen molar-refractivity contribution in [2.75, 3.05) is 13.6 Å². The van der Waals surface area contributed by atoms with E-state index >= 15 is 0 Å². The lowest BCUT2D eigenvalue weighted by atomic mass is 9.76. The first kappa shape index (κ1) is 17.7. The van der Waals surface area contributed by atoms with Crippen LogP contribution in [0.3, 0.4) is 0 Å². The molecule has 0 spiro atoms. The highest BCUT2D eigenvalue weighted by Crippen LogP contribution is 2.42. The second-order valence-electron chi connectivity index (χ2n) is 7.25. The van der Waals surface area contributed by atoms with Gasteiger partial charge in [-0.1, -0.05) is 48.6 Å². The van der Waals surface area contributed by atoms with Crippen LogP contribution in [-0.4, -0.2) is 36.3 Å². The topological polar surface area (TPSA) is 41.6 Å². The summed E-state index contributed by atoms with van der Waals surface area (Å²) in [6.45, 7) is 2.78. The number of hydrogen-bond donors (Lipinski definition) is 1. The third-order valence-electron chi connectivity index (χ3n) is 5.26. The zero-order valence-electron chi connectivity index (χ0n) is 15.6. The van der Waals surface area contributed by atoms with E-state index in [0.717, 1.165) is 34.7 Å². The lowest BCUT2D eigenvalue weighted by molar-refractivity contribution is 0.450. The van der Waals surface area contributed by atoms with Gasteiger partial charge in [-0.25, -0.2) is 4.39 Å². The number of aliphatic imine (C=N–C) groups is 1. The molecule has 2 aliphatic heterocycles. The van der Waals surface area contributed by atoms with Gasteiger partial charge in [0.05, 0.1) is 11.8 Å². The number of dihydropyridines is 1. The van der Waals surface area contributed by atoms with Crippen LogP contribution >= 0.6 is 0 Å². The van der Waals surface area contributed by atoms with Crippen LogP contribution < -0.4 is 5.73 Å². The summed E-state index contributed by atoms with van der Waals surface area (Å²) in [7, 11) is 2.07. The first-order valence-corrected chi connectivity index (χ1v) is 9.33. The summed E-state index contributed by atoms with van der Waals surface area (Å²) < 4.78 is 14.2. The number of hydrogen-bond acceptors (Lipinski definition) is 3. The molecule has 0 bridgehead atoms. The predicted octanol–water partition coefficient (Wildman–Crippen LogP) is 4.04. The summed E-state index contributed by atoms with van der Waals surface area (Å²) >= 11 is 0. The molecule has 1 aromatic rings. The summed E-state index contributed by atoms with van der Waals surface area (Å²) in [6.07, 6.45) is 11.3. The number of allylic oxidation sites excluding steroid dienone is 5. The van der Waals surface area contributed by atoms with E-state index in [2.05, 4.69) is 42.3 Å². The maximum Gasteiger partial charge on any atom is 0.119 e. The van der Waals surface area contributed by atoms with Gasteiger partial charge in [-0.2, -0.15) is 0 Å². The summed E-state index contributed by atoms with van der Waals surface area (Å²) in [4.78, 5) is 7.14. The van der Waals surface area contributed by atoms with E-state index in [0.29, 0.717) is 0 Å². The number of nitrogens with zero attached hydrogens (tertiary/aromatic N) is 2. The zero-order valence-corrected chi connectivity index (χ0v) is 15.6. The molecule has 27 heavy (non-hydrogen) atoms. The highest BCUT2D eigenvalue weighted by molar-refractivity contribution is 6.28. The number of benzene rings is 1. The molecule has 3 atom stereocenters. The molecule has 3 aliphatic rings. The number of nitrogens with two attached hydrogens (primary N) is 1. The van der Waals surface area contributed by atoms with Crippen molar-refractivity contribution >= 4 is 11.3 Å². The maximum atomic E-state index is 14.2. The van der Waals surface area contributed by atoms with Crippen molar-refractivity contribution in [3.05, 3.63) is 89.4 Å². The van der Waals surface area contributed by atoms with Crippen molar-refractivity contribution in [1.29, 1.82) is 0 Å². The molecule has 0 radical (unpaired) electrons. The molecule has 4 heteroatoms. The van der Waals surface area contributed by atoms with E-state index in [-0.39, 0.29) is 23.8 Å². The van der Waals surface area contributed by atoms with Crippen LogP contribution in [0.1, 0.15) is 12.5 Å². The van der Waals surface area contributed by atoms with Crippen molar-refractivity contribution < 1.29 is 4.39 Å². The van der Waals surface area contributed by atoms with Gasteiger partial charge in [0.2, 0.25) is 0 Å². The van der Waals surface area contributed by atoms with Crippen LogP contribution in [0.15, 0.2) is 88.9 Å². The smallest absolute Gasteiger partial charge is 0.119 e. The van der Waals surface area contributed by atoms with Gasteiger partial charge in [0.25, 0.3) is 0 Å². The van der Waals surface area contributed by atoms with Crippen LogP contribution in [0.2, 0.25) is 0 Å². The van der Waals surface area contributed by atoms with Gasteiger partial charge in [0, 0.05) is 36.8 Å². The van der Waals surface area contributed by atoms with Gasteiger partial charge in [-0.3, -0.25) is 4.99 Å². The molecule has 0 saturated heterocycles. The quantitative estimate of drug-likeness (QED) is 0.883. The average Bonchev–Trinajstić information content (AvgIpc) is 2.68. The Morgan fingerprint density at radius 3 is 2.74 bits per heavy atom. The van der Waals surface area contributed by atoms with Crippen molar-refractivity contribution in [3.8, 4) is 0 Å². The van der Waals surface area contributed by atoms with Gasteiger partial charge in [-0.15, -0.1) is 0 Å². The number of likely N-dealkylation sites (N-methyl/N-ethyl adjacent to an activating group) is 1. The molecule has 2 N–H and O–H groups in total. The summed E-state index contributed by atoms with van der Waals surface area (Å²) in [5.74, 6) is -0.358. The van der Waals surface area contributed by atoms with E-state index in [1.54, 1.807) is 6.08 Å². The lowest BCUT2D eigenvalue weighted by Crippen LogP contribution is -2.38. The van der Waals surface area contributed by atoms with Crippen molar-refractivity contribution in [2.45, 2.75) is 19.0 Å². The highest BCUT2D eigenvalue weighted by atomic mass is 19.1. The minimum absolute atomic E-state index is 0.131. The van der Waals surface area contributed by atoms with E-state index in [1.165, 1.54) is 6.08 Å². The molecule has 1 aromatic carbocycles. The van der Waals surface area contributed by atoms with Crippen molar-refractivity contribution in [3.63, 3.8) is 0 Å². The third-order valence-corrected chi connectivity index (χ3v) is 5.26. The van der Waals surface area contributed by atoms with Gasteiger partial charge in [0.15, 0.2) is 0 Å². The summed E-state index contributed by atoms with van der Waals surface area (Å²) in [6, 6.07) is 9.83. The van der Waals surface area contributed by atoms with Crippen molar-refractivity contribution in [1.82, 2.24) is 4.90 Å². The molecule has 4 rings (SSSR count). The van der Waals surface area contributed by atoms with Gasteiger partial charge in [-0.05, 0) is 36.3 Å². The Kier molecular flexibility index (Phi) is 4.66. The third kappa shape index (κ3) is 3.21. The Morgan fingerprint density at radius 1 is 1.26 bits per heavy atom. The molecule has 2 heterocycles. The second kappa shape index (κ2) is 7.12. The molecule has 1 aliphatic carbocycles. The second-order valence-corrected chi connectivity index (χ2v) is 7.25. The van der Waals surface area contributed by atoms with Gasteiger partial charge < -0.3 is 10.6 Å². The van der Waals surface area contributed by atoms with Gasteiger partial charge in [0.1, 0.15) is 5.83 Å². The Bertz CT molecular complexity index is 916. The van der Waals surface area contributed by atoms with E-state index in [1.807, 2.05) is 31.2 Å². The van der Waals surface area contributed by atoms with Crippen LogP contribution in [-0.2, 0) is 0 Å². The molecule has 3 nitrogen and oxygen atoms in total. The van der Waals surface area contributed by atoms with Crippen molar-refractivity contribution in [2.24, 2.45) is 16.6 Å². The first-order chi connectivity index (χ1) is 13.1. The maximum absolute atomic E-state index is 14.2. The number of rotatable bonds is 3. The van der Waals surface area contributed by atoms with Gasteiger partial charge >= 0.3 is 0 Å². The summed E-state index contributed by atoms with van der Waals surface area (Å²) in [5, 5.41) is 0. The minimum atomic E-state index is -0.217. The monoisotopic (exact) mass is 361 g/mol. The molecule has 1 unspecified atom stereocenters. The molecule has 138 valence electrons. The molecular weight excluding hydrogens is 337 g/mol. The number of halogens is 1. The Hall–Kier alpha value is -2.72. The van der Waals surface area contributed by atoms with E-state index < -0.39 is 0 Å².